The normalized spacial score (nSPS) is 20.5. The number of alkyl halides is 2. The van der Waals surface area contributed by atoms with Crippen molar-refractivity contribution in [3.63, 3.8) is 0 Å². The van der Waals surface area contributed by atoms with E-state index >= 15 is 0 Å². The van der Waals surface area contributed by atoms with Crippen LogP contribution >= 0.6 is 0 Å². The van der Waals surface area contributed by atoms with Crippen LogP contribution in [0.2, 0.25) is 0 Å². The summed E-state index contributed by atoms with van der Waals surface area (Å²) in [6, 6.07) is 8.75. The summed E-state index contributed by atoms with van der Waals surface area (Å²) in [5.41, 5.74) is 5.16. The van der Waals surface area contributed by atoms with Crippen molar-refractivity contribution in [3.8, 4) is 16.9 Å². The number of hydrogen-bond donors (Lipinski definition) is 1. The third-order valence-corrected chi connectivity index (χ3v) is 7.62. The van der Waals surface area contributed by atoms with Crippen molar-refractivity contribution >= 4 is 17.6 Å². The van der Waals surface area contributed by atoms with Crippen LogP contribution in [-0.4, -0.2) is 50.1 Å². The number of aliphatic carboxylic acids is 1. The number of rotatable bonds is 7. The molecule has 1 saturated carbocycles. The lowest BCUT2D eigenvalue weighted by Gasteiger charge is -2.19. The molecule has 2 aliphatic rings. The van der Waals surface area contributed by atoms with Gasteiger partial charge in [-0.3, -0.25) is 4.79 Å². The zero-order chi connectivity index (χ0) is 25.9. The second-order valence-electron chi connectivity index (χ2n) is 9.92. The van der Waals surface area contributed by atoms with Gasteiger partial charge in [-0.25, -0.2) is 15.0 Å². The standard InChI is InChI=1S/C27H25F2N5O3/c1-15-7-23-32-16(2)21(8-17-5-3-4-6-22(17)37-25(28)29)34(23)13-20(15)18-10-30-26(31-11-18)33-12-19-9-27(19,14-33)24(35)36/h3-7,10-11,13,19,25H,8-9,12,14H2,1-2H3,(H,35,36). The molecule has 4 heterocycles. The molecule has 10 heteroatoms. The van der Waals surface area contributed by atoms with Crippen LogP contribution in [0.15, 0.2) is 48.9 Å². The maximum atomic E-state index is 12.9. The molecule has 0 radical (unpaired) electrons. The summed E-state index contributed by atoms with van der Waals surface area (Å²) in [6.45, 7) is 2.08. The quantitative estimate of drug-likeness (QED) is 0.395. The SMILES string of the molecule is Cc1cc2nc(C)c(Cc3ccccc3OC(F)F)n2cc1-c1cnc(N2CC3CC3(C(=O)O)C2)nc1. The number of aryl methyl sites for hydroxylation is 2. The molecule has 1 aliphatic carbocycles. The zero-order valence-corrected chi connectivity index (χ0v) is 20.4. The minimum Gasteiger partial charge on any atom is -0.481 e. The van der Waals surface area contributed by atoms with Crippen molar-refractivity contribution in [3.05, 3.63) is 71.4 Å². The van der Waals surface area contributed by atoms with E-state index in [9.17, 15) is 18.7 Å². The van der Waals surface area contributed by atoms with Gasteiger partial charge in [0.05, 0.1) is 11.1 Å². The highest BCUT2D eigenvalue weighted by Crippen LogP contribution is 2.58. The van der Waals surface area contributed by atoms with E-state index in [0.717, 1.165) is 40.1 Å². The van der Waals surface area contributed by atoms with Crippen LogP contribution in [-0.2, 0) is 11.2 Å². The summed E-state index contributed by atoms with van der Waals surface area (Å²) in [5.74, 6) is 0.102. The van der Waals surface area contributed by atoms with Gasteiger partial charge in [-0.1, -0.05) is 18.2 Å². The fourth-order valence-electron chi connectivity index (χ4n) is 5.50. The third-order valence-electron chi connectivity index (χ3n) is 7.62. The smallest absolute Gasteiger partial charge is 0.387 e. The molecule has 1 aromatic carbocycles. The lowest BCUT2D eigenvalue weighted by Crippen LogP contribution is -2.29. The first-order valence-corrected chi connectivity index (χ1v) is 12.1. The molecule has 8 nitrogen and oxygen atoms in total. The van der Waals surface area contributed by atoms with Gasteiger partial charge in [0.15, 0.2) is 0 Å². The molecule has 6 rings (SSSR count). The Morgan fingerprint density at radius 1 is 1.24 bits per heavy atom. The molecule has 0 amide bonds. The maximum Gasteiger partial charge on any atom is 0.387 e. The molecule has 1 aliphatic heterocycles. The van der Waals surface area contributed by atoms with E-state index in [-0.39, 0.29) is 11.7 Å². The van der Waals surface area contributed by atoms with Crippen LogP contribution in [0.3, 0.4) is 0 Å². The zero-order valence-electron chi connectivity index (χ0n) is 20.4. The Balaban J connectivity index is 1.31. The molecule has 2 atom stereocenters. The highest BCUT2D eigenvalue weighted by atomic mass is 19.3. The molecular formula is C27H25F2N5O3. The molecule has 2 unspecified atom stereocenters. The number of aromatic nitrogens is 4. The van der Waals surface area contributed by atoms with Gasteiger partial charge in [-0.2, -0.15) is 8.78 Å². The highest BCUT2D eigenvalue weighted by Gasteiger charge is 2.65. The van der Waals surface area contributed by atoms with Crippen molar-refractivity contribution in [2.24, 2.45) is 11.3 Å². The molecule has 3 aromatic heterocycles. The van der Waals surface area contributed by atoms with Crippen molar-refractivity contribution < 1.29 is 23.4 Å². The van der Waals surface area contributed by atoms with E-state index in [1.165, 1.54) is 6.07 Å². The topological polar surface area (TPSA) is 92.9 Å². The molecule has 4 aromatic rings. The number of hydrogen-bond acceptors (Lipinski definition) is 6. The summed E-state index contributed by atoms with van der Waals surface area (Å²) in [6.07, 6.45) is 6.57. The Bertz CT molecular complexity index is 1520. The van der Waals surface area contributed by atoms with Crippen molar-refractivity contribution in [1.82, 2.24) is 19.4 Å². The van der Waals surface area contributed by atoms with Crippen molar-refractivity contribution in [2.75, 3.05) is 18.0 Å². The molecule has 190 valence electrons. The number of para-hydroxylation sites is 1. The van der Waals surface area contributed by atoms with Gasteiger partial charge in [-0.15, -0.1) is 0 Å². The van der Waals surface area contributed by atoms with Crippen LogP contribution in [0.5, 0.6) is 5.75 Å². The van der Waals surface area contributed by atoms with Gasteiger partial charge in [0, 0.05) is 60.5 Å². The molecular weight excluding hydrogens is 480 g/mol. The second-order valence-corrected chi connectivity index (χ2v) is 9.92. The van der Waals surface area contributed by atoms with Gasteiger partial charge in [0.1, 0.15) is 11.4 Å². The minimum atomic E-state index is -2.90. The maximum absolute atomic E-state index is 12.9. The van der Waals surface area contributed by atoms with Crippen LogP contribution in [0.25, 0.3) is 16.8 Å². The number of nitrogens with zero attached hydrogens (tertiary/aromatic N) is 5. The Morgan fingerprint density at radius 2 is 2.00 bits per heavy atom. The lowest BCUT2D eigenvalue weighted by atomic mass is 10.1. The van der Waals surface area contributed by atoms with E-state index in [1.54, 1.807) is 30.6 Å². The minimum absolute atomic E-state index is 0.146. The Kier molecular flexibility index (Phi) is 5.36. The number of benzene rings is 1. The van der Waals surface area contributed by atoms with E-state index < -0.39 is 18.0 Å². The fraction of sp³-hybridized carbons (Fsp3) is 0.333. The average molecular weight is 506 g/mol. The second kappa shape index (κ2) is 8.50. The van der Waals surface area contributed by atoms with Gasteiger partial charge in [0.2, 0.25) is 5.95 Å². The van der Waals surface area contributed by atoms with Crippen molar-refractivity contribution in [2.45, 2.75) is 33.3 Å². The number of halogens is 2. The van der Waals surface area contributed by atoms with E-state index in [1.807, 2.05) is 35.4 Å². The summed E-state index contributed by atoms with van der Waals surface area (Å²) >= 11 is 0. The van der Waals surface area contributed by atoms with E-state index in [0.29, 0.717) is 31.0 Å². The van der Waals surface area contributed by atoms with Crippen LogP contribution in [0.4, 0.5) is 14.7 Å². The number of carbonyl (C=O) groups is 1. The van der Waals surface area contributed by atoms with Gasteiger partial charge in [0.25, 0.3) is 0 Å². The molecule has 0 spiro atoms. The fourth-order valence-corrected chi connectivity index (χ4v) is 5.50. The molecule has 37 heavy (non-hydrogen) atoms. The number of carboxylic acid groups (broad SMARTS) is 1. The lowest BCUT2D eigenvalue weighted by molar-refractivity contribution is -0.143. The molecule has 2 fully saturated rings. The predicted octanol–water partition coefficient (Wildman–Crippen LogP) is 4.51. The van der Waals surface area contributed by atoms with Crippen LogP contribution in [0.1, 0.15) is 28.9 Å². The summed E-state index contributed by atoms with van der Waals surface area (Å²) < 4.78 is 32.5. The number of pyridine rings is 1. The third kappa shape index (κ3) is 3.96. The number of imidazole rings is 1. The Labute approximate surface area is 211 Å². The largest absolute Gasteiger partial charge is 0.481 e. The number of fused-ring (bicyclic) bond motifs is 2. The molecule has 0 bridgehead atoms. The average Bonchev–Trinajstić information content (AvgIpc) is 3.31. The molecule has 1 N–H and O–H groups in total. The monoisotopic (exact) mass is 505 g/mol. The number of ether oxygens (including phenoxy) is 1. The molecule has 1 saturated heterocycles. The number of carboxylic acids is 1. The van der Waals surface area contributed by atoms with Crippen LogP contribution in [0, 0.1) is 25.2 Å². The first-order chi connectivity index (χ1) is 17.7. The van der Waals surface area contributed by atoms with Crippen molar-refractivity contribution in [1.29, 1.82) is 0 Å². The highest BCUT2D eigenvalue weighted by molar-refractivity contribution is 5.81. The summed E-state index contributed by atoms with van der Waals surface area (Å²) in [4.78, 5) is 27.3. The predicted molar refractivity (Wildman–Crippen MR) is 132 cm³/mol. The van der Waals surface area contributed by atoms with Gasteiger partial charge >= 0.3 is 12.6 Å². The Morgan fingerprint density at radius 3 is 2.70 bits per heavy atom. The number of piperidine rings is 1. The summed E-state index contributed by atoms with van der Waals surface area (Å²) in [7, 11) is 0. The van der Waals surface area contributed by atoms with Gasteiger partial charge < -0.3 is 19.1 Å². The first kappa shape index (κ1) is 23.3. The van der Waals surface area contributed by atoms with Crippen LogP contribution < -0.4 is 9.64 Å². The van der Waals surface area contributed by atoms with E-state index in [4.69, 9.17) is 4.74 Å². The van der Waals surface area contributed by atoms with Gasteiger partial charge in [-0.05, 0) is 43.9 Å². The first-order valence-electron chi connectivity index (χ1n) is 12.1. The number of anilines is 1. The van der Waals surface area contributed by atoms with E-state index in [2.05, 4.69) is 15.0 Å². The summed E-state index contributed by atoms with van der Waals surface area (Å²) in [5, 5.41) is 9.54. The Hall–Kier alpha value is -4.08.